The van der Waals surface area contributed by atoms with E-state index in [0.717, 1.165) is 5.56 Å². The number of amides is 3. The van der Waals surface area contributed by atoms with Crippen LogP contribution in [-0.4, -0.2) is 66.3 Å². The van der Waals surface area contributed by atoms with Gasteiger partial charge in [-0.15, -0.1) is 0 Å². The van der Waals surface area contributed by atoms with Gasteiger partial charge >= 0.3 is 18.1 Å². The molecule has 3 amide bonds. The first-order chi connectivity index (χ1) is 23.1. The summed E-state index contributed by atoms with van der Waals surface area (Å²) < 4.78 is 42.3. The number of benzene rings is 2. The molecule has 0 heterocycles. The molecular formula is C32H41F3N8O6. The van der Waals surface area contributed by atoms with E-state index in [1.807, 2.05) is 6.92 Å². The molecule has 17 heteroatoms. The molecule has 3 atom stereocenters. The number of esters is 2. The number of nitrogens with two attached hydrogens (primary N) is 3. The van der Waals surface area contributed by atoms with Crippen LogP contribution in [0, 0.1) is 11.3 Å². The van der Waals surface area contributed by atoms with E-state index in [2.05, 4.69) is 25.7 Å². The normalized spacial score (nSPS) is 12.8. The van der Waals surface area contributed by atoms with Gasteiger partial charge in [0.05, 0.1) is 0 Å². The average Bonchev–Trinajstić information content (AvgIpc) is 3.05. The summed E-state index contributed by atoms with van der Waals surface area (Å²) in [7, 11) is 0. The molecule has 0 saturated heterocycles. The van der Waals surface area contributed by atoms with Crippen molar-refractivity contribution in [2.45, 2.75) is 70.3 Å². The summed E-state index contributed by atoms with van der Waals surface area (Å²) in [6.07, 6.45) is -4.88. The highest BCUT2D eigenvalue weighted by Crippen LogP contribution is 2.18. The van der Waals surface area contributed by atoms with Gasteiger partial charge in [0.25, 0.3) is 0 Å². The SMILES string of the molecule is CCCC[C@@H](NC(=O)C(Cc1ccc(C(=N)N)cc1)C(=O)NCc1ccccc1)C(=O)N[C@@H](CCCN=C(N)N)C(=O)OC(=O)C(F)(F)F. The fourth-order valence-corrected chi connectivity index (χ4v) is 4.46. The van der Waals surface area contributed by atoms with Crippen LogP contribution in [0.15, 0.2) is 59.6 Å². The Morgan fingerprint density at radius 1 is 0.837 bits per heavy atom. The lowest BCUT2D eigenvalue weighted by atomic mass is 9.95. The van der Waals surface area contributed by atoms with Gasteiger partial charge in [-0.3, -0.25) is 24.8 Å². The standard InChI is InChI=1S/C32H41F3N8O6/c1-2-3-10-23(28(46)43-24(11-7-16-40-31(38)39)29(47)49-30(48)32(33,34)35)42-27(45)22(17-19-12-14-21(15-13-19)25(36)37)26(44)41-18-20-8-5-4-6-9-20/h4-6,8-9,12-15,22-24H,2-3,7,10-11,16-18H2,1H3,(H3,36,37)(H,41,44)(H,42,45)(H,43,46)(H4,38,39,40)/t22?,23-,24+/m1/s1. The number of ether oxygens (including phenoxy) is 1. The maximum Gasteiger partial charge on any atom is 0.491 e. The first kappa shape index (κ1) is 39.7. The molecule has 1 unspecified atom stereocenters. The molecule has 0 bridgehead atoms. The number of carbonyl (C=O) groups excluding carboxylic acids is 5. The van der Waals surface area contributed by atoms with Crippen LogP contribution in [0.25, 0.3) is 0 Å². The summed E-state index contributed by atoms with van der Waals surface area (Å²) in [5, 5.41) is 15.1. The monoisotopic (exact) mass is 690 g/mol. The molecular weight excluding hydrogens is 649 g/mol. The summed E-state index contributed by atoms with van der Waals surface area (Å²) in [5.74, 6) is -8.70. The van der Waals surface area contributed by atoms with E-state index in [9.17, 15) is 37.1 Å². The number of unbranched alkanes of at least 4 members (excludes halogenated alkanes) is 1. The first-order valence-electron chi connectivity index (χ1n) is 15.4. The molecule has 0 aliphatic carbocycles. The highest BCUT2D eigenvalue weighted by atomic mass is 19.4. The van der Waals surface area contributed by atoms with E-state index in [0.29, 0.717) is 24.0 Å². The molecule has 0 radical (unpaired) electrons. The lowest BCUT2D eigenvalue weighted by Gasteiger charge is -2.24. The molecule has 0 saturated carbocycles. The summed E-state index contributed by atoms with van der Waals surface area (Å²) in [4.78, 5) is 68.2. The highest BCUT2D eigenvalue weighted by Gasteiger charge is 2.43. The van der Waals surface area contributed by atoms with Crippen LogP contribution in [0.3, 0.4) is 0 Å². The molecule has 2 rings (SSSR count). The Labute approximate surface area is 280 Å². The van der Waals surface area contributed by atoms with E-state index in [-0.39, 0.29) is 50.6 Å². The lowest BCUT2D eigenvalue weighted by molar-refractivity contribution is -0.202. The number of rotatable bonds is 18. The zero-order chi connectivity index (χ0) is 36.6. The van der Waals surface area contributed by atoms with Crippen molar-refractivity contribution in [1.29, 1.82) is 5.41 Å². The quantitative estimate of drug-likeness (QED) is 0.0391. The van der Waals surface area contributed by atoms with Crippen molar-refractivity contribution >= 4 is 41.5 Å². The summed E-state index contributed by atoms with van der Waals surface area (Å²) in [5.41, 5.74) is 17.8. The molecule has 0 aliphatic heterocycles. The van der Waals surface area contributed by atoms with Crippen molar-refractivity contribution < 1.29 is 41.9 Å². The van der Waals surface area contributed by atoms with Gasteiger partial charge in [0.1, 0.15) is 23.8 Å². The third-order valence-corrected chi connectivity index (χ3v) is 7.10. The van der Waals surface area contributed by atoms with Gasteiger partial charge < -0.3 is 37.9 Å². The van der Waals surface area contributed by atoms with Crippen molar-refractivity contribution in [3.63, 3.8) is 0 Å². The van der Waals surface area contributed by atoms with Gasteiger partial charge in [-0.2, -0.15) is 13.2 Å². The van der Waals surface area contributed by atoms with Gasteiger partial charge in [0.15, 0.2) is 5.96 Å². The van der Waals surface area contributed by atoms with E-state index in [4.69, 9.17) is 22.6 Å². The Morgan fingerprint density at radius 3 is 2.02 bits per heavy atom. The number of amidine groups is 1. The summed E-state index contributed by atoms with van der Waals surface area (Å²) in [6, 6.07) is 12.2. The summed E-state index contributed by atoms with van der Waals surface area (Å²) in [6.45, 7) is 1.86. The third-order valence-electron chi connectivity index (χ3n) is 7.10. The van der Waals surface area contributed by atoms with Crippen molar-refractivity contribution in [3.05, 3.63) is 71.3 Å². The molecule has 0 fully saturated rings. The topological polar surface area (TPSA) is 245 Å². The Morgan fingerprint density at radius 2 is 1.45 bits per heavy atom. The maximum atomic E-state index is 13.7. The highest BCUT2D eigenvalue weighted by molar-refractivity contribution is 6.02. The van der Waals surface area contributed by atoms with Crippen molar-refractivity contribution in [2.24, 2.45) is 28.1 Å². The van der Waals surface area contributed by atoms with E-state index < -0.39 is 53.8 Å². The maximum absolute atomic E-state index is 13.7. The minimum Gasteiger partial charge on any atom is -0.385 e. The van der Waals surface area contributed by atoms with Crippen LogP contribution >= 0.6 is 0 Å². The number of hydrogen-bond acceptors (Lipinski definition) is 8. The molecule has 266 valence electrons. The lowest BCUT2D eigenvalue weighted by Crippen LogP contribution is -2.54. The summed E-state index contributed by atoms with van der Waals surface area (Å²) >= 11 is 0. The number of carbonyl (C=O) groups is 5. The average molecular weight is 691 g/mol. The number of guanidine groups is 1. The molecule has 0 aliphatic rings. The predicted molar refractivity (Wildman–Crippen MR) is 173 cm³/mol. The third kappa shape index (κ3) is 14.0. The molecule has 10 N–H and O–H groups in total. The van der Waals surface area contributed by atoms with Gasteiger partial charge in [0, 0.05) is 18.7 Å². The molecule has 0 spiro atoms. The van der Waals surface area contributed by atoms with Crippen LogP contribution in [-0.2, 0) is 41.7 Å². The molecule has 14 nitrogen and oxygen atoms in total. The van der Waals surface area contributed by atoms with Crippen LogP contribution in [0.5, 0.6) is 0 Å². The number of nitrogens with zero attached hydrogens (tertiary/aromatic N) is 1. The largest absolute Gasteiger partial charge is 0.491 e. The smallest absolute Gasteiger partial charge is 0.385 e. The van der Waals surface area contributed by atoms with Crippen molar-refractivity contribution in [1.82, 2.24) is 16.0 Å². The van der Waals surface area contributed by atoms with Crippen LogP contribution in [0.1, 0.15) is 55.7 Å². The van der Waals surface area contributed by atoms with E-state index in [1.54, 1.807) is 54.6 Å². The first-order valence-corrected chi connectivity index (χ1v) is 15.4. The molecule has 49 heavy (non-hydrogen) atoms. The number of nitrogens with one attached hydrogen (secondary N) is 4. The minimum absolute atomic E-state index is 0.00375. The fraction of sp³-hybridized carbons (Fsp3) is 0.406. The number of aliphatic imine (C=N–C) groups is 1. The van der Waals surface area contributed by atoms with Crippen LogP contribution < -0.4 is 33.2 Å². The second-order valence-electron chi connectivity index (χ2n) is 11.0. The van der Waals surface area contributed by atoms with E-state index in [1.165, 1.54) is 0 Å². The molecule has 2 aromatic rings. The Kier molecular flexibility index (Phi) is 15.7. The van der Waals surface area contributed by atoms with Crippen LogP contribution in [0.2, 0.25) is 0 Å². The second-order valence-corrected chi connectivity index (χ2v) is 11.0. The minimum atomic E-state index is -5.47. The number of hydrogen-bond donors (Lipinski definition) is 7. The zero-order valence-corrected chi connectivity index (χ0v) is 26.8. The zero-order valence-electron chi connectivity index (χ0n) is 26.8. The molecule has 0 aromatic heterocycles. The predicted octanol–water partition coefficient (Wildman–Crippen LogP) is 1.29. The Bertz CT molecular complexity index is 1480. The van der Waals surface area contributed by atoms with Gasteiger partial charge in [-0.1, -0.05) is 74.4 Å². The molecule has 2 aromatic carbocycles. The fourth-order valence-electron chi connectivity index (χ4n) is 4.46. The Hall–Kier alpha value is -5.48. The van der Waals surface area contributed by atoms with Gasteiger partial charge in [0.2, 0.25) is 17.7 Å². The van der Waals surface area contributed by atoms with Gasteiger partial charge in [-0.25, -0.2) is 9.59 Å². The van der Waals surface area contributed by atoms with Crippen molar-refractivity contribution in [3.8, 4) is 0 Å². The Balaban J connectivity index is 2.31. The second kappa shape index (κ2) is 19.4. The van der Waals surface area contributed by atoms with Gasteiger partial charge in [-0.05, 0) is 36.8 Å². The van der Waals surface area contributed by atoms with E-state index >= 15 is 0 Å². The number of halogens is 3. The van der Waals surface area contributed by atoms with Crippen molar-refractivity contribution in [2.75, 3.05) is 6.54 Å². The number of alkyl halides is 3. The van der Waals surface area contributed by atoms with Crippen LogP contribution in [0.4, 0.5) is 13.2 Å². The number of nitrogen functional groups attached to an aromatic ring is 1.